The van der Waals surface area contributed by atoms with E-state index in [4.69, 9.17) is 24.3 Å². The number of unbranched alkanes of at least 4 members (excludes halogenated alkanes) is 9. The van der Waals surface area contributed by atoms with E-state index in [0.29, 0.717) is 18.3 Å². The van der Waals surface area contributed by atoms with Gasteiger partial charge < -0.3 is 4.74 Å². The summed E-state index contributed by atoms with van der Waals surface area (Å²) in [6.07, 6.45) is 14.2. The molecule has 0 saturated carbocycles. The fourth-order valence-electron chi connectivity index (χ4n) is 5.02. The van der Waals surface area contributed by atoms with Crippen LogP contribution in [0.25, 0.3) is 0 Å². The molecule has 40 heavy (non-hydrogen) atoms. The van der Waals surface area contributed by atoms with E-state index in [1.165, 1.54) is 68.2 Å². The summed E-state index contributed by atoms with van der Waals surface area (Å²) in [5, 5.41) is 0. The van der Waals surface area contributed by atoms with E-state index in [-0.39, 0.29) is 43.4 Å². The Balaban J connectivity index is 1.14. The van der Waals surface area contributed by atoms with Gasteiger partial charge in [-0.25, -0.2) is 0 Å². The van der Waals surface area contributed by atoms with E-state index in [9.17, 15) is 18.1 Å². The number of anilines is 1. The number of nitrogen functional groups attached to an aromatic ring is 1. The molecule has 2 fully saturated rings. The van der Waals surface area contributed by atoms with Crippen molar-refractivity contribution in [2.24, 2.45) is 5.41 Å². The molecule has 0 radical (unpaired) electrons. The van der Waals surface area contributed by atoms with Crippen LogP contribution in [0.1, 0.15) is 84.0 Å². The van der Waals surface area contributed by atoms with Gasteiger partial charge in [-0.1, -0.05) is 32.6 Å². The predicted molar refractivity (Wildman–Crippen MR) is 158 cm³/mol. The van der Waals surface area contributed by atoms with Gasteiger partial charge in [-0.15, -0.1) is 0 Å². The standard InChI is InChI=1S/C27H50N3O8PS/c1-27(21-35-22-27)14-10-8-6-4-2-3-5-7-9-11-17-40(33,34)18-12-16-37-39(32)23-36-24(20-38-39)19-30-15-13-25(28)29-26(30)31/h13,15,24,32,39H,2-12,14,16-23H2,1H3,(H2,28,29,31)/t24-/m0/s1. The molecule has 1 aromatic heterocycles. The van der Waals surface area contributed by atoms with Crippen LogP contribution in [0.2, 0.25) is 0 Å². The third-order valence-electron chi connectivity index (χ3n) is 7.61. The number of hydrogen-bond donors (Lipinski definition) is 2. The van der Waals surface area contributed by atoms with Crippen LogP contribution < -0.4 is 11.4 Å². The Hall–Kier alpha value is -1.14. The van der Waals surface area contributed by atoms with Crippen molar-refractivity contribution in [3.8, 4) is 0 Å². The molecule has 2 aliphatic heterocycles. The van der Waals surface area contributed by atoms with Gasteiger partial charge in [0.05, 0.1) is 13.2 Å². The zero-order chi connectivity index (χ0) is 28.9. The molecule has 3 N–H and O–H groups in total. The largest absolute Gasteiger partial charge is 0.380 e. The molecule has 3 heterocycles. The van der Waals surface area contributed by atoms with Crippen LogP contribution in [0.15, 0.2) is 17.1 Å². The van der Waals surface area contributed by atoms with Gasteiger partial charge in [-0.3, -0.25) is 0 Å². The fourth-order valence-corrected chi connectivity index (χ4v) is 8.03. The van der Waals surface area contributed by atoms with Crippen molar-refractivity contribution in [2.45, 2.75) is 96.6 Å². The second kappa shape index (κ2) is 16.5. The summed E-state index contributed by atoms with van der Waals surface area (Å²) in [6, 6.07) is 1.52. The molecule has 0 aliphatic carbocycles. The molecule has 0 spiro atoms. The second-order valence-electron chi connectivity index (χ2n) is 11.7. The molecule has 1 aromatic rings. The zero-order valence-corrected chi connectivity index (χ0v) is 25.9. The Kier molecular flexibility index (Phi) is 13.7. The van der Waals surface area contributed by atoms with Crippen molar-refractivity contribution >= 4 is 23.6 Å². The summed E-state index contributed by atoms with van der Waals surface area (Å²) in [7, 11) is -6.67. The minimum absolute atomic E-state index is 0.0280. The van der Waals surface area contributed by atoms with Crippen molar-refractivity contribution in [2.75, 3.05) is 50.0 Å². The van der Waals surface area contributed by atoms with Crippen LogP contribution in [0, 0.1) is 5.41 Å². The third kappa shape index (κ3) is 12.4. The van der Waals surface area contributed by atoms with Gasteiger partial charge in [0.25, 0.3) is 0 Å². The second-order valence-corrected chi connectivity index (χ2v) is 16.3. The maximum Gasteiger partial charge on any atom is 0.0542 e. The van der Waals surface area contributed by atoms with Crippen LogP contribution >= 0.6 is 7.94 Å². The summed E-state index contributed by atoms with van der Waals surface area (Å²) >= 11 is 0. The number of nitrogens with zero attached hydrogens (tertiary/aromatic N) is 2. The number of aromatic nitrogens is 2. The van der Waals surface area contributed by atoms with E-state index < -0.39 is 29.6 Å². The van der Waals surface area contributed by atoms with Crippen molar-refractivity contribution in [1.29, 1.82) is 0 Å². The van der Waals surface area contributed by atoms with Gasteiger partial charge in [0, 0.05) is 5.41 Å². The molecule has 2 aliphatic rings. The van der Waals surface area contributed by atoms with Gasteiger partial charge in [0.2, 0.25) is 0 Å². The number of nitrogens with two attached hydrogens (primary N) is 1. The van der Waals surface area contributed by atoms with Gasteiger partial charge >= 0.3 is 177 Å². The van der Waals surface area contributed by atoms with Crippen molar-refractivity contribution < 1.29 is 31.8 Å². The summed E-state index contributed by atoms with van der Waals surface area (Å²) in [6.45, 7) is 4.54. The van der Waals surface area contributed by atoms with Crippen LogP contribution in [-0.4, -0.2) is 73.2 Å². The maximum absolute atomic E-state index is 12.4. The van der Waals surface area contributed by atoms with Crippen LogP contribution in [-0.2, 0) is 34.9 Å². The Labute approximate surface area is 239 Å². The monoisotopic (exact) mass is 607 g/mol. The van der Waals surface area contributed by atoms with E-state index in [0.717, 1.165) is 26.1 Å². The zero-order valence-electron chi connectivity index (χ0n) is 24.1. The van der Waals surface area contributed by atoms with E-state index in [2.05, 4.69) is 11.9 Å². The van der Waals surface area contributed by atoms with Gasteiger partial charge in [-0.05, 0) is 6.42 Å². The first-order valence-electron chi connectivity index (χ1n) is 14.8. The Bertz CT molecular complexity index is 1040. The maximum atomic E-state index is 12.4. The average Bonchev–Trinajstić information content (AvgIpc) is 2.89. The summed E-state index contributed by atoms with van der Waals surface area (Å²) in [5.41, 5.74) is 5.45. The Morgan fingerprint density at radius 1 is 1.07 bits per heavy atom. The third-order valence-corrected chi connectivity index (χ3v) is 11.2. The Morgan fingerprint density at radius 3 is 2.27 bits per heavy atom. The molecule has 2 saturated heterocycles. The van der Waals surface area contributed by atoms with Crippen molar-refractivity contribution in [3.05, 3.63) is 22.7 Å². The molecule has 1 atom stereocenters. The van der Waals surface area contributed by atoms with Crippen LogP contribution in [0.4, 0.5) is 5.82 Å². The van der Waals surface area contributed by atoms with Crippen molar-refractivity contribution in [1.82, 2.24) is 9.55 Å². The molecule has 0 aromatic carbocycles. The molecule has 3 rings (SSSR count). The molecule has 13 heteroatoms. The number of sulfone groups is 1. The average molecular weight is 608 g/mol. The first-order valence-corrected chi connectivity index (χ1v) is 18.6. The number of rotatable bonds is 20. The molecule has 232 valence electrons. The first-order chi connectivity index (χ1) is 19.1. The van der Waals surface area contributed by atoms with E-state index in [1.54, 1.807) is 0 Å². The topological polar surface area (TPSA) is 152 Å². The fraction of sp³-hybridized carbons (Fsp3) is 0.852. The van der Waals surface area contributed by atoms with Crippen LogP contribution in [0.3, 0.4) is 0 Å². The van der Waals surface area contributed by atoms with Crippen LogP contribution in [0.5, 0.6) is 0 Å². The molecule has 0 amide bonds. The smallest absolute Gasteiger partial charge is 0.0542 e. The van der Waals surface area contributed by atoms with Gasteiger partial charge in [-0.2, -0.15) is 0 Å². The summed E-state index contributed by atoms with van der Waals surface area (Å²) in [4.78, 5) is 26.1. The first kappa shape index (κ1) is 33.4. The minimum atomic E-state index is -3.52. The van der Waals surface area contributed by atoms with E-state index >= 15 is 0 Å². The summed E-state index contributed by atoms with van der Waals surface area (Å²) in [5.74, 6) is 0.367. The predicted octanol–water partition coefficient (Wildman–Crippen LogP) is 3.83. The van der Waals surface area contributed by atoms with Gasteiger partial charge in [0.15, 0.2) is 0 Å². The Morgan fingerprint density at radius 2 is 1.70 bits per heavy atom. The number of ether oxygens (including phenoxy) is 2. The van der Waals surface area contributed by atoms with Crippen molar-refractivity contribution in [3.63, 3.8) is 0 Å². The minimum Gasteiger partial charge on any atom is -0.380 e. The van der Waals surface area contributed by atoms with E-state index in [1.807, 2.05) is 0 Å². The quantitative estimate of drug-likeness (QED) is 0.165. The normalized spacial score (nSPS) is 21.1. The molecule has 11 nitrogen and oxygen atoms in total. The number of hydrogen-bond acceptors (Lipinski definition) is 10. The molecular weight excluding hydrogens is 557 g/mol. The van der Waals surface area contributed by atoms with Gasteiger partial charge in [0.1, 0.15) is 0 Å². The molecule has 0 unspecified atom stereocenters. The SMILES string of the molecule is CC1(CCCCCCCCCCCCS(=O)(=O)CCCO[PH]2(O)CO[C@@H](Cn3ccc(N)nc3=O)CO2)COC1. The molecule has 0 bridgehead atoms. The molecular formula is C27H50N3O8PS. The summed E-state index contributed by atoms with van der Waals surface area (Å²) < 4.78 is 48.1.